The molecule has 1 aromatic rings. The lowest BCUT2D eigenvalue weighted by Gasteiger charge is -2.12. The molecule has 0 aromatic carbocycles. The number of aliphatic hydroxyl groups is 3. The van der Waals surface area contributed by atoms with Crippen molar-refractivity contribution in [2.75, 3.05) is 13.7 Å². The van der Waals surface area contributed by atoms with E-state index in [4.69, 9.17) is 21.4 Å². The van der Waals surface area contributed by atoms with Crippen molar-refractivity contribution < 1.29 is 29.6 Å². The van der Waals surface area contributed by atoms with Gasteiger partial charge in [0.05, 0.1) is 13.7 Å². The number of rotatable bonds is 3. The lowest BCUT2D eigenvalue weighted by molar-refractivity contribution is -0.0656. The molecule has 0 radical (unpaired) electrons. The van der Waals surface area contributed by atoms with Gasteiger partial charge in [-0.15, -0.1) is 15.0 Å². The van der Waals surface area contributed by atoms with Crippen molar-refractivity contribution in [1.29, 1.82) is 0 Å². The minimum Gasteiger partial charge on any atom is -0.464 e. The quantitative estimate of drug-likeness (QED) is 0.565. The van der Waals surface area contributed by atoms with Gasteiger partial charge in [-0.25, -0.2) is 4.79 Å². The van der Waals surface area contributed by atoms with Gasteiger partial charge in [0.1, 0.15) is 18.3 Å². The topological polar surface area (TPSA) is 127 Å². The summed E-state index contributed by atoms with van der Waals surface area (Å²) in [4.78, 5) is 12.2. The fourth-order valence-electron chi connectivity index (χ4n) is 1.71. The van der Waals surface area contributed by atoms with E-state index in [-0.39, 0.29) is 10.8 Å². The molecule has 9 nitrogen and oxygen atoms in total. The van der Waals surface area contributed by atoms with Crippen LogP contribution in [0, 0.1) is 0 Å². The molecule has 1 aromatic heterocycles. The Kier molecular flexibility index (Phi) is 4.02. The molecule has 106 valence electrons. The minimum atomic E-state index is -1.36. The van der Waals surface area contributed by atoms with E-state index in [0.29, 0.717) is 0 Å². The molecule has 4 atom stereocenters. The smallest absolute Gasteiger partial charge is 0.361 e. The van der Waals surface area contributed by atoms with Crippen molar-refractivity contribution in [3.05, 3.63) is 10.8 Å². The molecular weight excluding hydrogens is 282 g/mol. The zero-order valence-corrected chi connectivity index (χ0v) is 10.6. The van der Waals surface area contributed by atoms with E-state index in [0.717, 1.165) is 11.9 Å². The van der Waals surface area contributed by atoms with Crippen LogP contribution in [0.1, 0.15) is 16.7 Å². The highest BCUT2D eigenvalue weighted by Gasteiger charge is 2.44. The minimum absolute atomic E-state index is 0.218. The Labute approximate surface area is 112 Å². The first-order chi connectivity index (χ1) is 8.99. The monoisotopic (exact) mass is 293 g/mol. The van der Waals surface area contributed by atoms with Gasteiger partial charge in [0.15, 0.2) is 11.4 Å². The summed E-state index contributed by atoms with van der Waals surface area (Å²) < 4.78 is 9.63. The van der Waals surface area contributed by atoms with Gasteiger partial charge in [-0.2, -0.15) is 0 Å². The lowest BCUT2D eigenvalue weighted by Crippen LogP contribution is -2.33. The Morgan fingerprint density at radius 2 is 2.16 bits per heavy atom. The molecule has 10 heteroatoms. The highest BCUT2D eigenvalue weighted by Crippen LogP contribution is 2.29. The molecule has 0 amide bonds. The number of hydrogen-bond donors (Lipinski definition) is 3. The van der Waals surface area contributed by atoms with E-state index in [2.05, 4.69) is 14.9 Å². The number of carbonyl (C=O) groups is 1. The van der Waals surface area contributed by atoms with E-state index in [1.165, 1.54) is 0 Å². The van der Waals surface area contributed by atoms with Crippen molar-refractivity contribution in [2.45, 2.75) is 24.5 Å². The summed E-state index contributed by atoms with van der Waals surface area (Å²) in [7, 11) is 1.16. The Morgan fingerprint density at radius 3 is 2.68 bits per heavy atom. The van der Waals surface area contributed by atoms with Crippen LogP contribution in [0.3, 0.4) is 0 Å². The SMILES string of the molecule is COC(=O)c1nn([C@@H]2O[C@H](CO)[C@@H](O)[C@H]2O)nc1Cl. The highest BCUT2D eigenvalue weighted by atomic mass is 35.5. The van der Waals surface area contributed by atoms with Crippen molar-refractivity contribution in [1.82, 2.24) is 15.0 Å². The van der Waals surface area contributed by atoms with Gasteiger partial charge in [-0.05, 0) is 0 Å². The molecule has 0 spiro atoms. The Hall–Kier alpha value is -1.26. The van der Waals surface area contributed by atoms with Gasteiger partial charge < -0.3 is 24.8 Å². The summed E-state index contributed by atoms with van der Waals surface area (Å²) in [5.74, 6) is -0.789. The molecule has 19 heavy (non-hydrogen) atoms. The number of aliphatic hydroxyl groups excluding tert-OH is 3. The number of carbonyl (C=O) groups excluding carboxylic acids is 1. The normalized spacial score (nSPS) is 30.6. The first-order valence-electron chi connectivity index (χ1n) is 5.32. The van der Waals surface area contributed by atoms with E-state index in [1.807, 2.05) is 0 Å². The second-order valence-corrected chi connectivity index (χ2v) is 4.24. The number of esters is 1. The van der Waals surface area contributed by atoms with E-state index < -0.39 is 37.1 Å². The first-order valence-corrected chi connectivity index (χ1v) is 5.70. The standard InChI is InChI=1S/C9H12ClN3O6/c1-18-9(17)4-7(10)12-13(11-4)8-6(16)5(15)3(2-14)19-8/h3,5-6,8,14-16H,2H2,1H3/t3-,5-,6-,8-/m1/s1. The molecule has 0 saturated carbocycles. The maximum Gasteiger partial charge on any atom is 0.361 e. The maximum absolute atomic E-state index is 11.3. The van der Waals surface area contributed by atoms with Crippen LogP contribution in [0.15, 0.2) is 0 Å². The third-order valence-electron chi connectivity index (χ3n) is 2.71. The average molecular weight is 294 g/mol. The fourth-order valence-corrected chi connectivity index (χ4v) is 1.90. The zero-order valence-electron chi connectivity index (χ0n) is 9.80. The zero-order chi connectivity index (χ0) is 14.2. The number of aromatic nitrogens is 3. The van der Waals surface area contributed by atoms with Gasteiger partial charge in [-0.3, -0.25) is 0 Å². The molecule has 0 bridgehead atoms. The van der Waals surface area contributed by atoms with Crippen LogP contribution in [0.5, 0.6) is 0 Å². The van der Waals surface area contributed by atoms with Gasteiger partial charge >= 0.3 is 5.97 Å². The average Bonchev–Trinajstić information content (AvgIpc) is 2.91. The second kappa shape index (κ2) is 5.39. The molecule has 3 N–H and O–H groups in total. The van der Waals surface area contributed by atoms with Gasteiger partial charge in [0.2, 0.25) is 5.69 Å². The van der Waals surface area contributed by atoms with Crippen molar-refractivity contribution in [2.24, 2.45) is 0 Å². The van der Waals surface area contributed by atoms with Crippen LogP contribution in [0.25, 0.3) is 0 Å². The molecule has 1 fully saturated rings. The van der Waals surface area contributed by atoms with Gasteiger partial charge in [0, 0.05) is 0 Å². The maximum atomic E-state index is 11.3. The molecule has 1 saturated heterocycles. The summed E-state index contributed by atoms with van der Waals surface area (Å²) in [5.41, 5.74) is -0.234. The second-order valence-electron chi connectivity index (χ2n) is 3.88. The van der Waals surface area contributed by atoms with Crippen LogP contribution in [0.2, 0.25) is 5.15 Å². The number of ether oxygens (including phenoxy) is 2. The Morgan fingerprint density at radius 1 is 1.47 bits per heavy atom. The number of halogens is 1. The number of nitrogens with zero attached hydrogens (tertiary/aromatic N) is 3. The fraction of sp³-hybridized carbons (Fsp3) is 0.667. The van der Waals surface area contributed by atoms with Gasteiger partial charge in [-0.1, -0.05) is 11.6 Å². The lowest BCUT2D eigenvalue weighted by atomic mass is 10.1. The predicted octanol–water partition coefficient (Wildman–Crippen LogP) is -1.67. The van der Waals surface area contributed by atoms with Crippen molar-refractivity contribution >= 4 is 17.6 Å². The van der Waals surface area contributed by atoms with E-state index in [9.17, 15) is 15.0 Å². The molecule has 2 heterocycles. The summed E-state index contributed by atoms with van der Waals surface area (Å²) in [6.45, 7) is -0.479. The van der Waals surface area contributed by atoms with Crippen molar-refractivity contribution in [3.63, 3.8) is 0 Å². The predicted molar refractivity (Wildman–Crippen MR) is 59.4 cm³/mol. The summed E-state index contributed by atoms with van der Waals surface area (Å²) >= 11 is 5.71. The third kappa shape index (κ3) is 2.42. The van der Waals surface area contributed by atoms with Crippen LogP contribution in [0.4, 0.5) is 0 Å². The van der Waals surface area contributed by atoms with Crippen LogP contribution in [-0.2, 0) is 9.47 Å². The Balaban J connectivity index is 2.26. The molecular formula is C9H12ClN3O6. The van der Waals surface area contributed by atoms with Crippen molar-refractivity contribution in [3.8, 4) is 0 Å². The molecule has 1 aliphatic rings. The van der Waals surface area contributed by atoms with Crippen LogP contribution in [-0.4, -0.2) is 68.3 Å². The first kappa shape index (κ1) is 14.2. The van der Waals surface area contributed by atoms with E-state index >= 15 is 0 Å². The molecule has 1 aliphatic heterocycles. The summed E-state index contributed by atoms with van der Waals surface area (Å²) in [6.07, 6.45) is -4.76. The van der Waals surface area contributed by atoms with Gasteiger partial charge in [0.25, 0.3) is 0 Å². The molecule has 2 rings (SSSR count). The molecule has 0 unspecified atom stereocenters. The van der Waals surface area contributed by atoms with Crippen LogP contribution < -0.4 is 0 Å². The highest BCUT2D eigenvalue weighted by molar-refractivity contribution is 6.32. The third-order valence-corrected chi connectivity index (χ3v) is 2.97. The number of methoxy groups -OCH3 is 1. The van der Waals surface area contributed by atoms with E-state index in [1.54, 1.807) is 0 Å². The largest absolute Gasteiger partial charge is 0.464 e. The summed E-state index contributed by atoms with van der Waals surface area (Å²) in [5, 5.41) is 35.5. The Bertz CT molecular complexity index is 481. The van der Waals surface area contributed by atoms with Crippen LogP contribution >= 0.6 is 11.6 Å². The molecule has 0 aliphatic carbocycles. The number of hydrogen-bond acceptors (Lipinski definition) is 8. The summed E-state index contributed by atoms with van der Waals surface area (Å²) in [6, 6.07) is 0.